The molecule has 0 bridgehead atoms. The van der Waals surface area contributed by atoms with Gasteiger partial charge in [0.1, 0.15) is 0 Å². The molecular formula is C23H22N4O4. The van der Waals surface area contributed by atoms with E-state index in [9.17, 15) is 19.5 Å². The van der Waals surface area contributed by atoms with Crippen LogP contribution in [0.25, 0.3) is 16.8 Å². The predicted molar refractivity (Wildman–Crippen MR) is 115 cm³/mol. The molecular weight excluding hydrogens is 396 g/mol. The Kier molecular flexibility index (Phi) is 5.90. The zero-order valence-electron chi connectivity index (χ0n) is 17.2. The van der Waals surface area contributed by atoms with Gasteiger partial charge in [0.15, 0.2) is 11.4 Å². The molecule has 0 aliphatic carbocycles. The van der Waals surface area contributed by atoms with Crippen molar-refractivity contribution < 1.29 is 19.5 Å². The fraction of sp³-hybridized carbons (Fsp3) is 0.217. The quantitative estimate of drug-likeness (QED) is 0.522. The van der Waals surface area contributed by atoms with Crippen molar-refractivity contribution in [3.8, 4) is 23.1 Å². The summed E-state index contributed by atoms with van der Waals surface area (Å²) in [7, 11) is 0. The van der Waals surface area contributed by atoms with Crippen LogP contribution in [-0.4, -0.2) is 37.7 Å². The van der Waals surface area contributed by atoms with E-state index in [0.29, 0.717) is 28.8 Å². The van der Waals surface area contributed by atoms with Gasteiger partial charge in [0, 0.05) is 29.3 Å². The van der Waals surface area contributed by atoms with E-state index < -0.39 is 17.4 Å². The van der Waals surface area contributed by atoms with Gasteiger partial charge in [0.25, 0.3) is 5.91 Å². The number of aliphatic hydroxyl groups is 1. The zero-order valence-corrected chi connectivity index (χ0v) is 17.2. The van der Waals surface area contributed by atoms with Gasteiger partial charge in [-0.15, -0.1) is 0 Å². The maximum absolute atomic E-state index is 12.0. The number of benzene rings is 1. The van der Waals surface area contributed by atoms with Crippen LogP contribution in [0.2, 0.25) is 0 Å². The summed E-state index contributed by atoms with van der Waals surface area (Å²) in [5, 5.41) is 10.3. The molecule has 0 aliphatic rings. The first-order chi connectivity index (χ1) is 14.6. The van der Waals surface area contributed by atoms with Crippen molar-refractivity contribution in [3.63, 3.8) is 0 Å². The number of fused-ring (bicyclic) bond motifs is 1. The van der Waals surface area contributed by atoms with Crippen LogP contribution < -0.4 is 11.5 Å². The van der Waals surface area contributed by atoms with Gasteiger partial charge in [-0.3, -0.25) is 18.8 Å². The molecule has 2 aromatic heterocycles. The second-order valence-electron chi connectivity index (χ2n) is 7.26. The molecule has 3 aromatic rings. The maximum Gasteiger partial charge on any atom is 0.285 e. The number of nitrogens with two attached hydrogens (primary N) is 2. The Morgan fingerprint density at radius 2 is 1.90 bits per heavy atom. The molecule has 8 nitrogen and oxygen atoms in total. The lowest BCUT2D eigenvalue weighted by molar-refractivity contribution is -0.130. The number of aromatic nitrogens is 2. The van der Waals surface area contributed by atoms with E-state index >= 15 is 0 Å². The first kappa shape index (κ1) is 21.7. The molecule has 0 fully saturated rings. The van der Waals surface area contributed by atoms with Crippen LogP contribution in [-0.2, 0) is 4.79 Å². The van der Waals surface area contributed by atoms with Crippen molar-refractivity contribution in [1.29, 1.82) is 0 Å². The lowest BCUT2D eigenvalue weighted by Gasteiger charge is -2.13. The van der Waals surface area contributed by atoms with Crippen LogP contribution in [0.4, 0.5) is 0 Å². The highest BCUT2D eigenvalue weighted by atomic mass is 16.3. The molecule has 1 aromatic carbocycles. The molecule has 1 unspecified atom stereocenters. The second-order valence-corrected chi connectivity index (χ2v) is 7.26. The molecule has 31 heavy (non-hydrogen) atoms. The molecule has 0 radical (unpaired) electrons. The van der Waals surface area contributed by atoms with Crippen LogP contribution in [0.3, 0.4) is 0 Å². The van der Waals surface area contributed by atoms with Gasteiger partial charge in [-0.25, -0.2) is 4.98 Å². The molecule has 1 atom stereocenters. The second kappa shape index (κ2) is 8.42. The fourth-order valence-corrected chi connectivity index (χ4v) is 3.10. The van der Waals surface area contributed by atoms with Crippen molar-refractivity contribution in [2.45, 2.75) is 32.3 Å². The number of Topliss-reactive ketones (excluding diaryl/α,β-unsaturated/α-hetero) is 1. The summed E-state index contributed by atoms with van der Waals surface area (Å²) in [5.41, 5.74) is 11.4. The SMILES string of the molecule is CCCC(=O)C(C)(O)C#Cc1cccc(-c2nc(C(N)=O)n3ccc(C(N)=O)cc23)c1. The number of nitrogens with zero attached hydrogens (tertiary/aromatic N) is 2. The normalized spacial score (nSPS) is 12.6. The molecule has 2 amide bonds. The van der Waals surface area contributed by atoms with Gasteiger partial charge in [0.05, 0.1) is 11.2 Å². The Bertz CT molecular complexity index is 1260. The third-order valence-electron chi connectivity index (χ3n) is 4.75. The van der Waals surface area contributed by atoms with Crippen molar-refractivity contribution in [1.82, 2.24) is 9.38 Å². The molecule has 0 saturated heterocycles. The summed E-state index contributed by atoms with van der Waals surface area (Å²) in [4.78, 5) is 39.8. The summed E-state index contributed by atoms with van der Waals surface area (Å²) in [6, 6.07) is 9.93. The number of carbonyl (C=O) groups excluding carboxylic acids is 3. The number of imidazole rings is 1. The highest BCUT2D eigenvalue weighted by Crippen LogP contribution is 2.26. The van der Waals surface area contributed by atoms with Gasteiger partial charge < -0.3 is 16.6 Å². The topological polar surface area (TPSA) is 141 Å². The average molecular weight is 418 g/mol. The van der Waals surface area contributed by atoms with Crippen molar-refractivity contribution in [2.75, 3.05) is 0 Å². The van der Waals surface area contributed by atoms with E-state index in [0.717, 1.165) is 0 Å². The number of amides is 2. The number of carbonyl (C=O) groups is 3. The Morgan fingerprint density at radius 1 is 1.16 bits per heavy atom. The van der Waals surface area contributed by atoms with E-state index in [1.165, 1.54) is 29.7 Å². The Labute approximate surface area is 178 Å². The van der Waals surface area contributed by atoms with E-state index in [4.69, 9.17) is 11.5 Å². The van der Waals surface area contributed by atoms with E-state index in [2.05, 4.69) is 16.8 Å². The van der Waals surface area contributed by atoms with Gasteiger partial charge in [-0.05, 0) is 37.6 Å². The molecule has 0 spiro atoms. The molecule has 158 valence electrons. The van der Waals surface area contributed by atoms with Crippen LogP contribution in [0, 0.1) is 11.8 Å². The van der Waals surface area contributed by atoms with Gasteiger partial charge in [-0.2, -0.15) is 0 Å². The van der Waals surface area contributed by atoms with Crippen molar-refractivity contribution in [3.05, 3.63) is 59.5 Å². The standard InChI is InChI=1S/C23H22N4O4/c1-3-5-18(28)23(2,31)10-8-14-6-4-7-15(12-14)19-17-13-16(20(24)29)9-11-27(17)22(26-19)21(25)30/h4,6-7,9,11-13,31H,3,5H2,1-2H3,(H2,24,29)(H2,25,30). The predicted octanol–water partition coefficient (Wildman–Crippen LogP) is 1.67. The summed E-state index contributed by atoms with van der Waals surface area (Å²) < 4.78 is 1.48. The summed E-state index contributed by atoms with van der Waals surface area (Å²) >= 11 is 0. The Morgan fingerprint density at radius 3 is 2.55 bits per heavy atom. The Balaban J connectivity index is 2.10. The van der Waals surface area contributed by atoms with Gasteiger partial charge in [0.2, 0.25) is 11.7 Å². The van der Waals surface area contributed by atoms with Crippen molar-refractivity contribution in [2.24, 2.45) is 11.5 Å². The molecule has 2 heterocycles. The third kappa shape index (κ3) is 4.47. The minimum atomic E-state index is -1.75. The first-order valence-electron chi connectivity index (χ1n) is 9.65. The van der Waals surface area contributed by atoms with E-state index in [1.54, 1.807) is 24.3 Å². The molecule has 3 rings (SSSR count). The number of primary amides is 2. The minimum Gasteiger partial charge on any atom is -0.371 e. The third-order valence-corrected chi connectivity index (χ3v) is 4.75. The van der Waals surface area contributed by atoms with Gasteiger partial charge >= 0.3 is 0 Å². The monoisotopic (exact) mass is 418 g/mol. The van der Waals surface area contributed by atoms with Crippen LogP contribution in [0.1, 0.15) is 53.2 Å². The van der Waals surface area contributed by atoms with E-state index in [1.807, 2.05) is 6.92 Å². The molecule has 0 saturated carbocycles. The Hall–Kier alpha value is -3.96. The summed E-state index contributed by atoms with van der Waals surface area (Å²) in [5.74, 6) is 3.76. The highest BCUT2D eigenvalue weighted by Gasteiger charge is 2.26. The zero-order chi connectivity index (χ0) is 22.8. The lowest BCUT2D eigenvalue weighted by atomic mass is 9.97. The number of pyridine rings is 1. The average Bonchev–Trinajstić information content (AvgIpc) is 3.12. The first-order valence-corrected chi connectivity index (χ1v) is 9.65. The van der Waals surface area contributed by atoms with Crippen LogP contribution in [0.15, 0.2) is 42.6 Å². The number of hydrogen-bond donors (Lipinski definition) is 3. The number of rotatable bonds is 6. The maximum atomic E-state index is 12.0. The van der Waals surface area contributed by atoms with Crippen LogP contribution in [0.5, 0.6) is 0 Å². The molecule has 8 heteroatoms. The number of hydrogen-bond acceptors (Lipinski definition) is 5. The minimum absolute atomic E-state index is 0.00519. The smallest absolute Gasteiger partial charge is 0.285 e. The number of ketones is 1. The molecule has 0 aliphatic heterocycles. The van der Waals surface area contributed by atoms with Crippen molar-refractivity contribution >= 4 is 23.1 Å². The van der Waals surface area contributed by atoms with Crippen LogP contribution >= 0.6 is 0 Å². The summed E-state index contributed by atoms with van der Waals surface area (Å²) in [6.07, 6.45) is 2.36. The molecule has 5 N–H and O–H groups in total. The highest BCUT2D eigenvalue weighted by molar-refractivity contribution is 5.97. The van der Waals surface area contributed by atoms with Gasteiger partial charge in [-0.1, -0.05) is 30.9 Å². The largest absolute Gasteiger partial charge is 0.371 e. The fourth-order valence-electron chi connectivity index (χ4n) is 3.10. The lowest BCUT2D eigenvalue weighted by Crippen LogP contribution is -2.33. The van der Waals surface area contributed by atoms with E-state index in [-0.39, 0.29) is 23.6 Å². The summed E-state index contributed by atoms with van der Waals surface area (Å²) in [6.45, 7) is 3.22.